The van der Waals surface area contributed by atoms with Gasteiger partial charge in [-0.15, -0.1) is 0 Å². The maximum Gasteiger partial charge on any atom is 0.315 e. The van der Waals surface area contributed by atoms with E-state index in [1.165, 1.54) is 18.2 Å². The standard InChI is InChI=1S/C8H8N2O5/c11-4-15-10-9-8(14)5-2-1-3-6(12)7(5)13/h1-4,10,12-13H,(H,9,14). The molecule has 80 valence electrons. The van der Waals surface area contributed by atoms with Crippen LogP contribution < -0.4 is 11.0 Å². The molecule has 1 aromatic rings. The zero-order chi connectivity index (χ0) is 11.3. The molecule has 0 radical (unpaired) electrons. The van der Waals surface area contributed by atoms with Crippen molar-refractivity contribution in [1.29, 1.82) is 0 Å². The second-order valence-corrected chi connectivity index (χ2v) is 2.44. The quantitative estimate of drug-likeness (QED) is 0.230. The van der Waals surface area contributed by atoms with Gasteiger partial charge in [-0.05, 0) is 12.1 Å². The molecule has 0 aliphatic rings. The molecule has 7 heteroatoms. The van der Waals surface area contributed by atoms with Gasteiger partial charge < -0.3 is 15.1 Å². The molecule has 0 heterocycles. The summed E-state index contributed by atoms with van der Waals surface area (Å²) in [6.45, 7) is 0.0720. The van der Waals surface area contributed by atoms with Crippen LogP contribution in [-0.2, 0) is 9.63 Å². The van der Waals surface area contributed by atoms with Crippen LogP contribution in [0.4, 0.5) is 0 Å². The molecule has 0 unspecified atom stereocenters. The van der Waals surface area contributed by atoms with Gasteiger partial charge in [0.15, 0.2) is 11.5 Å². The van der Waals surface area contributed by atoms with E-state index in [-0.39, 0.29) is 12.0 Å². The van der Waals surface area contributed by atoms with Crippen molar-refractivity contribution >= 4 is 12.4 Å². The minimum atomic E-state index is -0.759. The zero-order valence-corrected chi connectivity index (χ0v) is 7.43. The van der Waals surface area contributed by atoms with E-state index in [0.717, 1.165) is 0 Å². The summed E-state index contributed by atoms with van der Waals surface area (Å²) in [6, 6.07) is 3.89. The predicted molar refractivity (Wildman–Crippen MR) is 47.5 cm³/mol. The van der Waals surface area contributed by atoms with Crippen LogP contribution in [0.1, 0.15) is 10.4 Å². The molecule has 1 amide bonds. The molecule has 15 heavy (non-hydrogen) atoms. The van der Waals surface area contributed by atoms with Crippen molar-refractivity contribution in [3.63, 3.8) is 0 Å². The lowest BCUT2D eigenvalue weighted by atomic mass is 10.2. The number of para-hydroxylation sites is 1. The first-order valence-corrected chi connectivity index (χ1v) is 3.82. The highest BCUT2D eigenvalue weighted by Crippen LogP contribution is 2.27. The largest absolute Gasteiger partial charge is 0.504 e. The van der Waals surface area contributed by atoms with Crippen molar-refractivity contribution in [2.75, 3.05) is 0 Å². The van der Waals surface area contributed by atoms with Crippen LogP contribution in [0, 0.1) is 0 Å². The van der Waals surface area contributed by atoms with Gasteiger partial charge in [-0.3, -0.25) is 15.0 Å². The van der Waals surface area contributed by atoms with Crippen LogP contribution in [-0.4, -0.2) is 22.6 Å². The van der Waals surface area contributed by atoms with Crippen molar-refractivity contribution in [2.45, 2.75) is 0 Å². The van der Waals surface area contributed by atoms with E-state index in [1.807, 2.05) is 11.0 Å². The minimum absolute atomic E-state index is 0.0720. The van der Waals surface area contributed by atoms with Crippen LogP contribution in [0.2, 0.25) is 0 Å². The Labute approximate surface area is 84.2 Å². The lowest BCUT2D eigenvalue weighted by Gasteiger charge is -2.06. The summed E-state index contributed by atoms with van der Waals surface area (Å²) in [5, 5.41) is 18.4. The lowest BCUT2D eigenvalue weighted by molar-refractivity contribution is -0.136. The third-order valence-electron chi connectivity index (χ3n) is 1.53. The normalized spacial score (nSPS) is 9.33. The second-order valence-electron chi connectivity index (χ2n) is 2.44. The Morgan fingerprint density at radius 1 is 1.40 bits per heavy atom. The summed E-state index contributed by atoms with van der Waals surface area (Å²) in [5.74, 6) is -1.73. The first-order valence-electron chi connectivity index (χ1n) is 3.82. The maximum absolute atomic E-state index is 11.3. The van der Waals surface area contributed by atoms with Crippen molar-refractivity contribution in [3.8, 4) is 11.5 Å². The van der Waals surface area contributed by atoms with Gasteiger partial charge in [0, 0.05) is 0 Å². The number of amides is 1. The molecule has 0 aliphatic carbocycles. The molecule has 1 aromatic carbocycles. The molecule has 1 rings (SSSR count). The van der Waals surface area contributed by atoms with Gasteiger partial charge in [0.05, 0.1) is 5.56 Å². The highest BCUT2D eigenvalue weighted by atomic mass is 16.7. The van der Waals surface area contributed by atoms with Gasteiger partial charge in [-0.1, -0.05) is 11.7 Å². The van der Waals surface area contributed by atoms with E-state index in [0.29, 0.717) is 0 Å². The summed E-state index contributed by atoms with van der Waals surface area (Å²) in [7, 11) is 0. The van der Waals surface area contributed by atoms with Gasteiger partial charge in [0.2, 0.25) is 0 Å². The first-order chi connectivity index (χ1) is 7.16. The first kappa shape index (κ1) is 10.8. The Morgan fingerprint density at radius 2 is 2.13 bits per heavy atom. The fraction of sp³-hybridized carbons (Fsp3) is 0. The van der Waals surface area contributed by atoms with Crippen LogP contribution in [0.15, 0.2) is 18.2 Å². The molecule has 0 aromatic heterocycles. The Kier molecular flexibility index (Phi) is 3.47. The highest BCUT2D eigenvalue weighted by molar-refractivity contribution is 5.97. The highest BCUT2D eigenvalue weighted by Gasteiger charge is 2.13. The van der Waals surface area contributed by atoms with Gasteiger partial charge in [0.1, 0.15) is 0 Å². The predicted octanol–water partition coefficient (Wildman–Crippen LogP) is -0.580. The van der Waals surface area contributed by atoms with E-state index in [1.54, 1.807) is 0 Å². The Balaban J connectivity index is 2.73. The molecule has 0 atom stereocenters. The van der Waals surface area contributed by atoms with Gasteiger partial charge in [-0.2, -0.15) is 0 Å². The van der Waals surface area contributed by atoms with Crippen LogP contribution in [0.25, 0.3) is 0 Å². The lowest BCUT2D eigenvalue weighted by Crippen LogP contribution is -2.37. The molecule has 0 bridgehead atoms. The van der Waals surface area contributed by atoms with Crippen LogP contribution in [0.5, 0.6) is 11.5 Å². The van der Waals surface area contributed by atoms with E-state index in [4.69, 9.17) is 5.11 Å². The topological polar surface area (TPSA) is 108 Å². The molecule has 0 saturated heterocycles. The van der Waals surface area contributed by atoms with E-state index < -0.39 is 17.4 Å². The summed E-state index contributed by atoms with van der Waals surface area (Å²) in [5.41, 5.74) is 3.62. The van der Waals surface area contributed by atoms with Gasteiger partial charge in [0.25, 0.3) is 5.91 Å². The Hall–Kier alpha value is -2.28. The number of hydrogen-bond donors (Lipinski definition) is 4. The third kappa shape index (κ3) is 2.58. The summed E-state index contributed by atoms with van der Waals surface area (Å²) in [4.78, 5) is 25.0. The summed E-state index contributed by atoms with van der Waals surface area (Å²) < 4.78 is 0. The Morgan fingerprint density at radius 3 is 2.80 bits per heavy atom. The average Bonchev–Trinajstić information content (AvgIpc) is 2.22. The van der Waals surface area contributed by atoms with Crippen LogP contribution >= 0.6 is 0 Å². The number of hydrogen-bond acceptors (Lipinski definition) is 6. The molecule has 0 fully saturated rings. The molecule has 0 aliphatic heterocycles. The number of rotatable bonds is 4. The number of hydrazine groups is 1. The van der Waals surface area contributed by atoms with E-state index in [2.05, 4.69) is 4.84 Å². The second kappa shape index (κ2) is 4.82. The fourth-order valence-corrected chi connectivity index (χ4v) is 0.882. The monoisotopic (exact) mass is 212 g/mol. The molecule has 0 saturated carbocycles. The summed E-state index contributed by atoms with van der Waals surface area (Å²) >= 11 is 0. The number of benzene rings is 1. The number of carbonyl (C=O) groups is 2. The summed E-state index contributed by atoms with van der Waals surface area (Å²) in [6.07, 6.45) is 0. The van der Waals surface area contributed by atoms with Crippen LogP contribution in [0.3, 0.4) is 0 Å². The van der Waals surface area contributed by atoms with E-state index in [9.17, 15) is 14.7 Å². The average molecular weight is 212 g/mol. The van der Waals surface area contributed by atoms with Crippen molar-refractivity contribution in [1.82, 2.24) is 11.0 Å². The SMILES string of the molecule is O=CONNC(=O)c1cccc(O)c1O. The molecular weight excluding hydrogens is 204 g/mol. The number of nitrogens with one attached hydrogen (secondary N) is 2. The fourth-order valence-electron chi connectivity index (χ4n) is 0.882. The molecule has 4 N–H and O–H groups in total. The zero-order valence-electron chi connectivity index (χ0n) is 7.43. The molecule has 0 spiro atoms. The van der Waals surface area contributed by atoms with E-state index >= 15 is 0 Å². The van der Waals surface area contributed by atoms with Crippen molar-refractivity contribution < 1.29 is 24.6 Å². The number of aromatic hydroxyl groups is 2. The molecular formula is C8H8N2O5. The Bertz CT molecular complexity index is 379. The van der Waals surface area contributed by atoms with Gasteiger partial charge in [-0.25, -0.2) is 0 Å². The van der Waals surface area contributed by atoms with Crippen molar-refractivity contribution in [2.24, 2.45) is 0 Å². The number of phenolic OH excluding ortho intramolecular Hbond substituents is 2. The number of carbonyl (C=O) groups excluding carboxylic acids is 2. The minimum Gasteiger partial charge on any atom is -0.504 e. The maximum atomic E-state index is 11.3. The number of phenols is 2. The molecule has 7 nitrogen and oxygen atoms in total. The van der Waals surface area contributed by atoms with Gasteiger partial charge >= 0.3 is 6.47 Å². The van der Waals surface area contributed by atoms with Crippen molar-refractivity contribution in [3.05, 3.63) is 23.8 Å². The third-order valence-corrected chi connectivity index (χ3v) is 1.53. The smallest absolute Gasteiger partial charge is 0.315 e.